The third kappa shape index (κ3) is 5.10. The molecular formula is C15H16F3N3O4. The molecule has 0 unspecified atom stereocenters. The molecule has 25 heavy (non-hydrogen) atoms. The molecule has 2 rings (SSSR count). The highest BCUT2D eigenvalue weighted by Crippen LogP contribution is 2.23. The number of nitrogens with one attached hydrogen (secondary N) is 1. The first-order chi connectivity index (χ1) is 11.7. The summed E-state index contributed by atoms with van der Waals surface area (Å²) < 4.78 is 39.9. The van der Waals surface area contributed by atoms with E-state index in [-0.39, 0.29) is 18.8 Å². The number of hydrogen-bond acceptors (Lipinski definition) is 4. The predicted molar refractivity (Wildman–Crippen MR) is 80.6 cm³/mol. The lowest BCUT2D eigenvalue weighted by Crippen LogP contribution is -2.55. The van der Waals surface area contributed by atoms with Gasteiger partial charge in [-0.05, 0) is 31.2 Å². The van der Waals surface area contributed by atoms with Crippen LogP contribution in [0.4, 0.5) is 18.9 Å². The number of amides is 3. The van der Waals surface area contributed by atoms with Crippen molar-refractivity contribution in [3.05, 3.63) is 24.3 Å². The van der Waals surface area contributed by atoms with Crippen molar-refractivity contribution in [2.45, 2.75) is 13.3 Å². The average molecular weight is 359 g/mol. The summed E-state index contributed by atoms with van der Waals surface area (Å²) in [6.07, 6.45) is -4.79. The molecule has 10 heteroatoms. The highest BCUT2D eigenvalue weighted by molar-refractivity contribution is 6.35. The Morgan fingerprint density at radius 1 is 1.12 bits per heavy atom. The van der Waals surface area contributed by atoms with Gasteiger partial charge >= 0.3 is 18.2 Å². The van der Waals surface area contributed by atoms with Gasteiger partial charge in [-0.2, -0.15) is 0 Å². The van der Waals surface area contributed by atoms with Crippen LogP contribution in [0.15, 0.2) is 24.3 Å². The lowest BCUT2D eigenvalue weighted by molar-refractivity contribution is -0.274. The van der Waals surface area contributed by atoms with Crippen LogP contribution in [0.2, 0.25) is 0 Å². The Kier molecular flexibility index (Phi) is 5.50. The second-order valence-electron chi connectivity index (χ2n) is 5.23. The van der Waals surface area contributed by atoms with Crippen LogP contribution in [0, 0.1) is 0 Å². The Morgan fingerprint density at radius 2 is 1.68 bits per heavy atom. The SMILES string of the molecule is CCN1CCN(CC(=O)Nc2ccc(OC(F)(F)F)cc2)C(=O)C1=O. The van der Waals surface area contributed by atoms with Crippen LogP contribution < -0.4 is 10.1 Å². The van der Waals surface area contributed by atoms with E-state index in [1.54, 1.807) is 6.92 Å². The number of anilines is 1. The zero-order chi connectivity index (χ0) is 18.6. The topological polar surface area (TPSA) is 79.0 Å². The van der Waals surface area contributed by atoms with Gasteiger partial charge in [0.15, 0.2) is 0 Å². The zero-order valence-electron chi connectivity index (χ0n) is 13.3. The summed E-state index contributed by atoms with van der Waals surface area (Å²) in [5.74, 6) is -2.38. The number of nitrogens with zero attached hydrogens (tertiary/aromatic N) is 2. The van der Waals surface area contributed by atoms with Crippen molar-refractivity contribution in [1.82, 2.24) is 9.80 Å². The zero-order valence-corrected chi connectivity index (χ0v) is 13.3. The molecule has 1 aliphatic heterocycles. The third-order valence-corrected chi connectivity index (χ3v) is 3.49. The minimum absolute atomic E-state index is 0.240. The number of likely N-dealkylation sites (N-methyl/N-ethyl adjacent to an activating group) is 1. The van der Waals surface area contributed by atoms with Crippen LogP contribution in [0.3, 0.4) is 0 Å². The van der Waals surface area contributed by atoms with Crippen LogP contribution in [-0.4, -0.2) is 60.1 Å². The molecule has 7 nitrogen and oxygen atoms in total. The first-order valence-corrected chi connectivity index (χ1v) is 7.43. The van der Waals surface area contributed by atoms with Gasteiger partial charge in [-0.3, -0.25) is 14.4 Å². The average Bonchev–Trinajstić information content (AvgIpc) is 2.52. The molecule has 1 N–H and O–H groups in total. The van der Waals surface area contributed by atoms with E-state index in [1.165, 1.54) is 17.0 Å². The minimum atomic E-state index is -4.79. The van der Waals surface area contributed by atoms with Crippen molar-refractivity contribution >= 4 is 23.4 Å². The molecule has 136 valence electrons. The van der Waals surface area contributed by atoms with Crippen LogP contribution in [0.25, 0.3) is 0 Å². The molecule has 0 radical (unpaired) electrons. The smallest absolute Gasteiger partial charge is 0.406 e. The lowest BCUT2D eigenvalue weighted by Gasteiger charge is -2.32. The number of carbonyl (C=O) groups excluding carboxylic acids is 3. The monoisotopic (exact) mass is 359 g/mol. The van der Waals surface area contributed by atoms with Crippen molar-refractivity contribution in [2.24, 2.45) is 0 Å². The van der Waals surface area contributed by atoms with Crippen LogP contribution in [0.5, 0.6) is 5.75 Å². The largest absolute Gasteiger partial charge is 0.573 e. The molecule has 1 heterocycles. The molecule has 0 aromatic heterocycles. The first-order valence-electron chi connectivity index (χ1n) is 7.43. The predicted octanol–water partition coefficient (Wildman–Crippen LogP) is 1.21. The van der Waals surface area contributed by atoms with E-state index < -0.39 is 29.8 Å². The van der Waals surface area contributed by atoms with E-state index in [0.29, 0.717) is 13.1 Å². The van der Waals surface area contributed by atoms with Crippen molar-refractivity contribution < 1.29 is 32.3 Å². The Bertz CT molecular complexity index is 661. The second kappa shape index (κ2) is 7.41. The standard InChI is InChI=1S/C15H16F3N3O4/c1-2-20-7-8-21(14(24)13(20)23)9-12(22)19-10-3-5-11(6-4-10)25-15(16,17)18/h3-6H,2,7-9H2,1H3,(H,19,22). The van der Waals surface area contributed by atoms with E-state index >= 15 is 0 Å². The van der Waals surface area contributed by atoms with Gasteiger partial charge in [-0.25, -0.2) is 0 Å². The third-order valence-electron chi connectivity index (χ3n) is 3.49. The molecule has 1 saturated heterocycles. The quantitative estimate of drug-likeness (QED) is 0.802. The molecule has 3 amide bonds. The molecule has 0 atom stereocenters. The van der Waals surface area contributed by atoms with E-state index in [9.17, 15) is 27.6 Å². The highest BCUT2D eigenvalue weighted by atomic mass is 19.4. The minimum Gasteiger partial charge on any atom is -0.406 e. The maximum atomic E-state index is 12.1. The highest BCUT2D eigenvalue weighted by Gasteiger charge is 2.33. The summed E-state index contributed by atoms with van der Waals surface area (Å²) in [5, 5.41) is 2.45. The van der Waals surface area contributed by atoms with Crippen LogP contribution in [-0.2, 0) is 14.4 Å². The summed E-state index contributed by atoms with van der Waals surface area (Å²) >= 11 is 0. The van der Waals surface area contributed by atoms with E-state index in [2.05, 4.69) is 10.1 Å². The number of benzene rings is 1. The molecule has 0 saturated carbocycles. The van der Waals surface area contributed by atoms with Gasteiger partial charge in [0.25, 0.3) is 0 Å². The number of piperazine rings is 1. The number of rotatable bonds is 5. The number of alkyl halides is 3. The van der Waals surface area contributed by atoms with E-state index in [4.69, 9.17) is 0 Å². The molecule has 0 spiro atoms. The fourth-order valence-corrected chi connectivity index (χ4v) is 2.28. The molecule has 1 aliphatic rings. The van der Waals surface area contributed by atoms with Crippen molar-refractivity contribution in [2.75, 3.05) is 31.5 Å². The fourth-order valence-electron chi connectivity index (χ4n) is 2.28. The van der Waals surface area contributed by atoms with Gasteiger partial charge in [-0.1, -0.05) is 0 Å². The molecule has 1 aromatic rings. The summed E-state index contributed by atoms with van der Waals surface area (Å²) in [6.45, 7) is 2.43. The van der Waals surface area contributed by atoms with E-state index in [1.807, 2.05) is 0 Å². The normalized spacial score (nSPS) is 15.4. The molecule has 1 fully saturated rings. The Hall–Kier alpha value is -2.78. The maximum absolute atomic E-state index is 12.1. The summed E-state index contributed by atoms with van der Waals surface area (Å²) in [7, 11) is 0. The fraction of sp³-hybridized carbons (Fsp3) is 0.400. The second-order valence-corrected chi connectivity index (χ2v) is 5.23. The van der Waals surface area contributed by atoms with Gasteiger partial charge in [-0.15, -0.1) is 13.2 Å². The molecular weight excluding hydrogens is 343 g/mol. The first kappa shape index (κ1) is 18.6. The number of ether oxygens (including phenoxy) is 1. The molecule has 0 bridgehead atoms. The number of halogens is 3. The van der Waals surface area contributed by atoms with E-state index in [0.717, 1.165) is 17.0 Å². The van der Waals surface area contributed by atoms with Crippen molar-refractivity contribution in [3.63, 3.8) is 0 Å². The maximum Gasteiger partial charge on any atom is 0.573 e. The van der Waals surface area contributed by atoms with Crippen LogP contribution >= 0.6 is 0 Å². The lowest BCUT2D eigenvalue weighted by atomic mass is 10.2. The van der Waals surface area contributed by atoms with Gasteiger partial charge in [0.05, 0.1) is 0 Å². The van der Waals surface area contributed by atoms with Gasteiger partial charge in [0.2, 0.25) is 5.91 Å². The molecule has 1 aromatic carbocycles. The van der Waals surface area contributed by atoms with Gasteiger partial charge in [0, 0.05) is 25.3 Å². The summed E-state index contributed by atoms with van der Waals surface area (Å²) in [5.41, 5.74) is 0.241. The molecule has 0 aliphatic carbocycles. The Balaban J connectivity index is 1.90. The summed E-state index contributed by atoms with van der Waals surface area (Å²) in [4.78, 5) is 38.1. The van der Waals surface area contributed by atoms with Crippen LogP contribution in [0.1, 0.15) is 6.92 Å². The number of carbonyl (C=O) groups is 3. The number of hydrogen-bond donors (Lipinski definition) is 1. The Labute approximate surface area is 141 Å². The Morgan fingerprint density at radius 3 is 2.24 bits per heavy atom. The van der Waals surface area contributed by atoms with Crippen molar-refractivity contribution in [3.8, 4) is 5.75 Å². The summed E-state index contributed by atoms with van der Waals surface area (Å²) in [6, 6.07) is 4.58. The van der Waals surface area contributed by atoms with Gasteiger partial charge in [0.1, 0.15) is 12.3 Å². The van der Waals surface area contributed by atoms with Gasteiger partial charge < -0.3 is 19.9 Å². The van der Waals surface area contributed by atoms with Crippen molar-refractivity contribution in [1.29, 1.82) is 0 Å².